The lowest BCUT2D eigenvalue weighted by Crippen LogP contribution is -2.25. The van der Waals surface area contributed by atoms with Gasteiger partial charge in [0.15, 0.2) is 0 Å². The minimum atomic E-state index is -0.0411. The normalized spacial score (nSPS) is 24.1. The molecule has 0 N–H and O–H groups in total. The van der Waals surface area contributed by atoms with Crippen molar-refractivity contribution in [2.24, 2.45) is 11.8 Å². The second kappa shape index (κ2) is 6.01. The Morgan fingerprint density at radius 3 is 2.72 bits per heavy atom. The highest BCUT2D eigenvalue weighted by Crippen LogP contribution is 2.25. The molecule has 1 fully saturated rings. The third-order valence-corrected chi connectivity index (χ3v) is 3.53. The summed E-state index contributed by atoms with van der Waals surface area (Å²) in [5, 5.41) is 0. The molecule has 1 aromatic rings. The van der Waals surface area contributed by atoms with Gasteiger partial charge in [-0.05, 0) is 18.4 Å². The van der Waals surface area contributed by atoms with Gasteiger partial charge in [-0.3, -0.25) is 9.69 Å². The number of carbonyl (C=O) groups excluding carboxylic acids is 1. The first kappa shape index (κ1) is 13.1. The van der Waals surface area contributed by atoms with Gasteiger partial charge in [-0.25, -0.2) is 0 Å². The van der Waals surface area contributed by atoms with Gasteiger partial charge in [0.05, 0.1) is 12.5 Å². The summed E-state index contributed by atoms with van der Waals surface area (Å²) in [5.41, 5.74) is 1.30. The van der Waals surface area contributed by atoms with Crippen LogP contribution in [0.5, 0.6) is 0 Å². The smallest absolute Gasteiger partial charge is 0.310 e. The minimum Gasteiger partial charge on any atom is -0.466 e. The van der Waals surface area contributed by atoms with Crippen molar-refractivity contribution in [3.05, 3.63) is 35.9 Å². The van der Waals surface area contributed by atoms with Gasteiger partial charge < -0.3 is 4.74 Å². The van der Waals surface area contributed by atoms with Crippen molar-refractivity contribution < 1.29 is 9.53 Å². The number of likely N-dealkylation sites (tertiary alicyclic amines) is 1. The molecule has 18 heavy (non-hydrogen) atoms. The SMILES string of the molecule is CCOC(=O)[C@H]1CN(Cc2ccccc2)C[C@H]1C. The second-order valence-corrected chi connectivity index (χ2v) is 5.02. The fraction of sp³-hybridized carbons (Fsp3) is 0.533. The first-order chi connectivity index (χ1) is 8.70. The summed E-state index contributed by atoms with van der Waals surface area (Å²) in [7, 11) is 0. The van der Waals surface area contributed by atoms with Crippen LogP contribution in [0, 0.1) is 11.8 Å². The van der Waals surface area contributed by atoms with Crippen molar-refractivity contribution in [1.82, 2.24) is 4.90 Å². The third kappa shape index (κ3) is 3.10. The maximum Gasteiger partial charge on any atom is 0.310 e. The monoisotopic (exact) mass is 247 g/mol. The molecule has 1 saturated heterocycles. The summed E-state index contributed by atoms with van der Waals surface area (Å²) in [5.74, 6) is 0.377. The van der Waals surface area contributed by atoms with Crippen molar-refractivity contribution in [2.75, 3.05) is 19.7 Å². The Hall–Kier alpha value is -1.35. The number of rotatable bonds is 4. The average Bonchev–Trinajstić information content (AvgIpc) is 2.72. The van der Waals surface area contributed by atoms with E-state index in [1.165, 1.54) is 5.56 Å². The topological polar surface area (TPSA) is 29.5 Å². The molecule has 0 spiro atoms. The zero-order valence-corrected chi connectivity index (χ0v) is 11.1. The van der Waals surface area contributed by atoms with E-state index in [4.69, 9.17) is 4.74 Å². The van der Waals surface area contributed by atoms with Crippen LogP contribution in [-0.4, -0.2) is 30.6 Å². The quantitative estimate of drug-likeness (QED) is 0.765. The number of hydrogen-bond donors (Lipinski definition) is 0. The summed E-state index contributed by atoms with van der Waals surface area (Å²) in [4.78, 5) is 14.1. The number of carbonyl (C=O) groups is 1. The van der Waals surface area contributed by atoms with Crippen LogP contribution in [0.4, 0.5) is 0 Å². The fourth-order valence-corrected chi connectivity index (χ4v) is 2.59. The predicted octanol–water partition coefficient (Wildman–Crippen LogP) is 2.32. The van der Waals surface area contributed by atoms with Gasteiger partial charge in [0.25, 0.3) is 0 Å². The van der Waals surface area contributed by atoms with E-state index in [2.05, 4.69) is 36.1 Å². The van der Waals surface area contributed by atoms with Crippen molar-refractivity contribution in [2.45, 2.75) is 20.4 Å². The zero-order chi connectivity index (χ0) is 13.0. The molecule has 0 aromatic heterocycles. The molecule has 98 valence electrons. The van der Waals surface area contributed by atoms with Gasteiger partial charge in [0.2, 0.25) is 0 Å². The van der Waals surface area contributed by atoms with E-state index >= 15 is 0 Å². The largest absolute Gasteiger partial charge is 0.466 e. The Kier molecular flexibility index (Phi) is 4.37. The Balaban J connectivity index is 1.92. The zero-order valence-electron chi connectivity index (χ0n) is 11.1. The summed E-state index contributed by atoms with van der Waals surface area (Å²) in [6.45, 7) is 7.17. The van der Waals surface area contributed by atoms with Crippen LogP contribution < -0.4 is 0 Å². The predicted molar refractivity (Wildman–Crippen MR) is 71.0 cm³/mol. The summed E-state index contributed by atoms with van der Waals surface area (Å²) >= 11 is 0. The number of benzene rings is 1. The highest BCUT2D eigenvalue weighted by Gasteiger charge is 2.35. The maximum atomic E-state index is 11.8. The van der Waals surface area contributed by atoms with Crippen LogP contribution in [0.1, 0.15) is 19.4 Å². The highest BCUT2D eigenvalue weighted by molar-refractivity contribution is 5.73. The van der Waals surface area contributed by atoms with E-state index in [0.29, 0.717) is 12.5 Å². The molecule has 3 heteroatoms. The van der Waals surface area contributed by atoms with Crippen molar-refractivity contribution in [3.8, 4) is 0 Å². The Morgan fingerprint density at radius 2 is 2.06 bits per heavy atom. The molecular formula is C15H21NO2. The lowest BCUT2D eigenvalue weighted by molar-refractivity contribution is -0.148. The Labute approximate surface area is 109 Å². The summed E-state index contributed by atoms with van der Waals surface area (Å²) < 4.78 is 5.13. The van der Waals surface area contributed by atoms with Crippen molar-refractivity contribution in [1.29, 1.82) is 0 Å². The van der Waals surface area contributed by atoms with Crippen LogP contribution in [0.25, 0.3) is 0 Å². The Bertz CT molecular complexity index is 391. The van der Waals surface area contributed by atoms with E-state index in [-0.39, 0.29) is 11.9 Å². The van der Waals surface area contributed by atoms with Gasteiger partial charge >= 0.3 is 5.97 Å². The summed E-state index contributed by atoms with van der Waals surface area (Å²) in [6.07, 6.45) is 0. The van der Waals surface area contributed by atoms with E-state index in [0.717, 1.165) is 19.6 Å². The third-order valence-electron chi connectivity index (χ3n) is 3.53. The van der Waals surface area contributed by atoms with E-state index in [1.54, 1.807) is 0 Å². The molecule has 0 aliphatic carbocycles. The molecule has 0 amide bonds. The van der Waals surface area contributed by atoms with Crippen molar-refractivity contribution >= 4 is 5.97 Å². The molecule has 1 aliphatic rings. The minimum absolute atomic E-state index is 0.0358. The van der Waals surface area contributed by atoms with Crippen LogP contribution in [0.3, 0.4) is 0 Å². The van der Waals surface area contributed by atoms with Gasteiger partial charge in [-0.15, -0.1) is 0 Å². The molecule has 0 radical (unpaired) electrons. The molecule has 2 atom stereocenters. The highest BCUT2D eigenvalue weighted by atomic mass is 16.5. The molecular weight excluding hydrogens is 226 g/mol. The number of nitrogens with zero attached hydrogens (tertiary/aromatic N) is 1. The van der Waals surface area contributed by atoms with Crippen molar-refractivity contribution in [3.63, 3.8) is 0 Å². The van der Waals surface area contributed by atoms with Gasteiger partial charge in [0.1, 0.15) is 0 Å². The molecule has 0 saturated carbocycles. The molecule has 2 rings (SSSR count). The first-order valence-corrected chi connectivity index (χ1v) is 6.63. The number of hydrogen-bond acceptors (Lipinski definition) is 3. The van der Waals surface area contributed by atoms with Crippen LogP contribution >= 0.6 is 0 Å². The molecule has 0 unspecified atom stereocenters. The number of esters is 1. The molecule has 1 aromatic carbocycles. The molecule has 3 nitrogen and oxygen atoms in total. The van der Waals surface area contributed by atoms with Crippen LogP contribution in [-0.2, 0) is 16.1 Å². The van der Waals surface area contributed by atoms with Gasteiger partial charge in [-0.2, -0.15) is 0 Å². The fourth-order valence-electron chi connectivity index (χ4n) is 2.59. The lowest BCUT2D eigenvalue weighted by atomic mass is 9.99. The van der Waals surface area contributed by atoms with E-state index < -0.39 is 0 Å². The first-order valence-electron chi connectivity index (χ1n) is 6.63. The standard InChI is InChI=1S/C15H21NO2/c1-3-18-15(17)14-11-16(9-12(14)2)10-13-7-5-4-6-8-13/h4-8,12,14H,3,9-11H2,1-2H3/t12-,14+/m1/s1. The van der Waals surface area contributed by atoms with Crippen LogP contribution in [0.15, 0.2) is 30.3 Å². The van der Waals surface area contributed by atoms with E-state index in [1.807, 2.05) is 13.0 Å². The van der Waals surface area contributed by atoms with E-state index in [9.17, 15) is 4.79 Å². The van der Waals surface area contributed by atoms with Crippen LogP contribution in [0.2, 0.25) is 0 Å². The molecule has 1 aliphatic heterocycles. The average molecular weight is 247 g/mol. The number of ether oxygens (including phenoxy) is 1. The maximum absolute atomic E-state index is 11.8. The molecule has 1 heterocycles. The van der Waals surface area contributed by atoms with Gasteiger partial charge in [-0.1, -0.05) is 37.3 Å². The molecule has 0 bridgehead atoms. The summed E-state index contributed by atoms with van der Waals surface area (Å²) in [6, 6.07) is 10.4. The lowest BCUT2D eigenvalue weighted by Gasteiger charge is -2.15. The van der Waals surface area contributed by atoms with Gasteiger partial charge in [0, 0.05) is 19.6 Å². The second-order valence-electron chi connectivity index (χ2n) is 5.02. The Morgan fingerprint density at radius 1 is 1.33 bits per heavy atom.